The van der Waals surface area contributed by atoms with Gasteiger partial charge >= 0.3 is 0 Å². The van der Waals surface area contributed by atoms with Crippen LogP contribution < -0.4 is 14.8 Å². The summed E-state index contributed by atoms with van der Waals surface area (Å²) >= 11 is 0. The molecule has 1 amide bonds. The quantitative estimate of drug-likeness (QED) is 0.783. The smallest absolute Gasteiger partial charge is 0.258 e. The van der Waals surface area contributed by atoms with Crippen molar-refractivity contribution in [3.05, 3.63) is 60.2 Å². The highest BCUT2D eigenvalue weighted by atomic mass is 16.5. The number of benzene rings is 2. The molecular formula is C18H21NO4. The van der Waals surface area contributed by atoms with Gasteiger partial charge in [0.05, 0.1) is 6.61 Å². The van der Waals surface area contributed by atoms with E-state index < -0.39 is 0 Å². The third kappa shape index (κ3) is 6.00. The summed E-state index contributed by atoms with van der Waals surface area (Å²) < 4.78 is 11.1. The first-order chi connectivity index (χ1) is 11.2. The van der Waals surface area contributed by atoms with Crippen LogP contribution in [0.25, 0.3) is 0 Å². The van der Waals surface area contributed by atoms with E-state index in [1.54, 1.807) is 31.2 Å². The summed E-state index contributed by atoms with van der Waals surface area (Å²) in [4.78, 5) is 11.5. The van der Waals surface area contributed by atoms with Crippen LogP contribution in [0.4, 0.5) is 0 Å². The van der Waals surface area contributed by atoms with Crippen molar-refractivity contribution in [3.63, 3.8) is 0 Å². The van der Waals surface area contributed by atoms with Crippen LogP contribution in [0.1, 0.15) is 12.5 Å². The zero-order chi connectivity index (χ0) is 16.5. The molecule has 0 fully saturated rings. The standard InChI is InChI=1S/C18H21NO4/c1-14(11-20)19-18(21)13-23-17-9-7-16(8-10-17)22-12-15-5-3-2-4-6-15/h2-10,14,20H,11-13H2,1H3,(H,19,21). The molecule has 0 spiro atoms. The SMILES string of the molecule is CC(CO)NC(=O)COc1ccc(OCc2ccccc2)cc1. The predicted octanol–water partition coefficient (Wildman–Crippen LogP) is 2.14. The first-order valence-electron chi connectivity index (χ1n) is 7.47. The van der Waals surface area contributed by atoms with Crippen LogP contribution in [0, 0.1) is 0 Å². The largest absolute Gasteiger partial charge is 0.489 e. The van der Waals surface area contributed by atoms with E-state index in [2.05, 4.69) is 5.32 Å². The summed E-state index contributed by atoms with van der Waals surface area (Å²) in [5.74, 6) is 1.05. The van der Waals surface area contributed by atoms with Gasteiger partial charge in [0.2, 0.25) is 0 Å². The first kappa shape index (κ1) is 16.8. The van der Waals surface area contributed by atoms with Crippen molar-refractivity contribution in [3.8, 4) is 11.5 Å². The fraction of sp³-hybridized carbons (Fsp3) is 0.278. The van der Waals surface area contributed by atoms with Gasteiger partial charge < -0.3 is 19.9 Å². The minimum Gasteiger partial charge on any atom is -0.489 e. The van der Waals surface area contributed by atoms with Gasteiger partial charge in [0.25, 0.3) is 5.91 Å². The Morgan fingerprint density at radius 2 is 1.65 bits per heavy atom. The number of carbonyl (C=O) groups excluding carboxylic acids is 1. The van der Waals surface area contributed by atoms with Crippen molar-refractivity contribution in [2.75, 3.05) is 13.2 Å². The van der Waals surface area contributed by atoms with Crippen LogP contribution >= 0.6 is 0 Å². The molecule has 5 nitrogen and oxygen atoms in total. The Bertz CT molecular complexity index is 598. The predicted molar refractivity (Wildman–Crippen MR) is 87.4 cm³/mol. The lowest BCUT2D eigenvalue weighted by Gasteiger charge is -2.12. The average molecular weight is 315 g/mol. The van der Waals surface area contributed by atoms with Gasteiger partial charge in [0.1, 0.15) is 18.1 Å². The van der Waals surface area contributed by atoms with E-state index in [1.807, 2.05) is 30.3 Å². The van der Waals surface area contributed by atoms with E-state index >= 15 is 0 Å². The summed E-state index contributed by atoms with van der Waals surface area (Å²) in [5.41, 5.74) is 1.10. The fourth-order valence-corrected chi connectivity index (χ4v) is 1.88. The molecule has 2 aromatic carbocycles. The number of aliphatic hydroxyl groups excluding tert-OH is 1. The number of hydrogen-bond acceptors (Lipinski definition) is 4. The number of rotatable bonds is 8. The molecule has 0 saturated carbocycles. The molecule has 0 heterocycles. The van der Waals surface area contributed by atoms with Gasteiger partial charge in [-0.2, -0.15) is 0 Å². The third-order valence-electron chi connectivity index (χ3n) is 3.12. The van der Waals surface area contributed by atoms with Gasteiger partial charge in [0, 0.05) is 6.04 Å². The van der Waals surface area contributed by atoms with Gasteiger partial charge in [0.15, 0.2) is 6.61 Å². The molecule has 5 heteroatoms. The normalized spacial score (nSPS) is 11.6. The van der Waals surface area contributed by atoms with Crippen LogP contribution in [-0.2, 0) is 11.4 Å². The second-order valence-corrected chi connectivity index (χ2v) is 5.19. The molecule has 0 aliphatic carbocycles. The van der Waals surface area contributed by atoms with Crippen LogP contribution in [-0.4, -0.2) is 30.3 Å². The summed E-state index contributed by atoms with van der Waals surface area (Å²) in [7, 11) is 0. The Kier molecular flexibility index (Phi) is 6.44. The Morgan fingerprint density at radius 1 is 1.04 bits per heavy atom. The van der Waals surface area contributed by atoms with Crippen LogP contribution in [0.2, 0.25) is 0 Å². The zero-order valence-corrected chi connectivity index (χ0v) is 13.1. The molecule has 2 N–H and O–H groups in total. The molecule has 0 bridgehead atoms. The maximum atomic E-state index is 11.5. The summed E-state index contributed by atoms with van der Waals surface area (Å²) in [6.07, 6.45) is 0. The monoisotopic (exact) mass is 315 g/mol. The van der Waals surface area contributed by atoms with Crippen molar-refractivity contribution in [2.45, 2.75) is 19.6 Å². The van der Waals surface area contributed by atoms with E-state index in [9.17, 15) is 4.79 Å². The van der Waals surface area contributed by atoms with E-state index in [0.717, 1.165) is 11.3 Å². The molecule has 1 unspecified atom stereocenters. The van der Waals surface area contributed by atoms with Crippen molar-refractivity contribution in [1.29, 1.82) is 0 Å². The highest BCUT2D eigenvalue weighted by Gasteiger charge is 2.07. The topological polar surface area (TPSA) is 67.8 Å². The van der Waals surface area contributed by atoms with Crippen LogP contribution in [0.15, 0.2) is 54.6 Å². The Labute approximate surface area is 135 Å². The van der Waals surface area contributed by atoms with Crippen LogP contribution in [0.5, 0.6) is 11.5 Å². The van der Waals surface area contributed by atoms with Crippen molar-refractivity contribution >= 4 is 5.91 Å². The average Bonchev–Trinajstić information content (AvgIpc) is 2.60. The molecule has 0 radical (unpaired) electrons. The van der Waals surface area contributed by atoms with Gasteiger partial charge in [-0.15, -0.1) is 0 Å². The molecule has 2 rings (SSSR count). The number of nitrogens with one attached hydrogen (secondary N) is 1. The summed E-state index contributed by atoms with van der Waals surface area (Å²) in [6.45, 7) is 2.03. The Hall–Kier alpha value is -2.53. The maximum Gasteiger partial charge on any atom is 0.258 e. The molecule has 0 aliphatic rings. The van der Waals surface area contributed by atoms with E-state index in [0.29, 0.717) is 12.4 Å². The lowest BCUT2D eigenvalue weighted by molar-refractivity contribution is -0.123. The Balaban J connectivity index is 1.77. The molecule has 0 saturated heterocycles. The molecule has 1 atom stereocenters. The molecular weight excluding hydrogens is 294 g/mol. The van der Waals surface area contributed by atoms with Crippen molar-refractivity contribution < 1.29 is 19.4 Å². The molecule has 0 aromatic heterocycles. The zero-order valence-electron chi connectivity index (χ0n) is 13.1. The van der Waals surface area contributed by atoms with Gasteiger partial charge in [-0.3, -0.25) is 4.79 Å². The van der Waals surface area contributed by atoms with E-state index in [-0.39, 0.29) is 25.2 Å². The summed E-state index contributed by atoms with van der Waals surface area (Å²) in [5, 5.41) is 11.5. The van der Waals surface area contributed by atoms with Gasteiger partial charge in [-0.1, -0.05) is 30.3 Å². The van der Waals surface area contributed by atoms with E-state index in [4.69, 9.17) is 14.6 Å². The Morgan fingerprint density at radius 3 is 2.26 bits per heavy atom. The number of aliphatic hydroxyl groups is 1. The molecule has 23 heavy (non-hydrogen) atoms. The van der Waals surface area contributed by atoms with E-state index in [1.165, 1.54) is 0 Å². The number of carbonyl (C=O) groups is 1. The summed E-state index contributed by atoms with van der Waals surface area (Å²) in [6, 6.07) is 16.7. The third-order valence-corrected chi connectivity index (χ3v) is 3.12. The fourth-order valence-electron chi connectivity index (χ4n) is 1.88. The van der Waals surface area contributed by atoms with Crippen molar-refractivity contribution in [2.24, 2.45) is 0 Å². The minimum absolute atomic E-state index is 0.0887. The second-order valence-electron chi connectivity index (χ2n) is 5.19. The number of ether oxygens (including phenoxy) is 2. The van der Waals surface area contributed by atoms with Crippen molar-refractivity contribution in [1.82, 2.24) is 5.32 Å². The highest BCUT2D eigenvalue weighted by molar-refractivity contribution is 5.77. The molecule has 2 aromatic rings. The first-order valence-corrected chi connectivity index (χ1v) is 7.47. The molecule has 0 aliphatic heterocycles. The lowest BCUT2D eigenvalue weighted by atomic mass is 10.2. The number of hydrogen-bond donors (Lipinski definition) is 2. The second kappa shape index (κ2) is 8.80. The minimum atomic E-state index is -0.278. The van der Waals surface area contributed by atoms with Gasteiger partial charge in [-0.05, 0) is 36.8 Å². The maximum absolute atomic E-state index is 11.5. The highest BCUT2D eigenvalue weighted by Crippen LogP contribution is 2.18. The van der Waals surface area contributed by atoms with Crippen LogP contribution in [0.3, 0.4) is 0 Å². The van der Waals surface area contributed by atoms with Gasteiger partial charge in [-0.25, -0.2) is 0 Å². The number of amides is 1. The molecule has 122 valence electrons. The lowest BCUT2D eigenvalue weighted by Crippen LogP contribution is -2.38.